The minimum absolute atomic E-state index is 0.169. The molecule has 1 aliphatic rings. The van der Waals surface area contributed by atoms with Crippen molar-refractivity contribution in [3.05, 3.63) is 0 Å². The van der Waals surface area contributed by atoms with Gasteiger partial charge in [0.25, 0.3) is 0 Å². The Balaban J connectivity index is 2.16. The van der Waals surface area contributed by atoms with E-state index in [2.05, 4.69) is 12.2 Å². The van der Waals surface area contributed by atoms with Gasteiger partial charge in [-0.1, -0.05) is 6.92 Å². The average Bonchev–Trinajstić information content (AvgIpc) is 1.96. The highest BCUT2D eigenvalue weighted by atomic mass is 16.5. The third kappa shape index (κ3) is 2.44. The van der Waals surface area contributed by atoms with Gasteiger partial charge in [0.05, 0.1) is 19.3 Å². The van der Waals surface area contributed by atoms with Crippen molar-refractivity contribution < 1.29 is 9.84 Å². The maximum Gasteiger partial charge on any atom is 0.0662 e. The summed E-state index contributed by atoms with van der Waals surface area (Å²) in [4.78, 5) is 0. The highest BCUT2D eigenvalue weighted by molar-refractivity contribution is 4.84. The number of rotatable bonds is 4. The number of aliphatic hydroxyl groups excluding tert-OH is 1. The molecule has 0 aromatic heterocycles. The molecule has 1 aliphatic heterocycles. The van der Waals surface area contributed by atoms with Crippen molar-refractivity contribution in [2.75, 3.05) is 19.8 Å². The second kappa shape index (κ2) is 3.73. The average molecular weight is 173 g/mol. The summed E-state index contributed by atoms with van der Waals surface area (Å²) < 4.78 is 5.13. The molecule has 0 radical (unpaired) electrons. The highest BCUT2D eigenvalue weighted by Gasteiger charge is 2.33. The van der Waals surface area contributed by atoms with Gasteiger partial charge in [-0.25, -0.2) is 0 Å². The summed E-state index contributed by atoms with van der Waals surface area (Å²) in [6, 6.07) is 0.169. The SMILES string of the molecule is CC(O)C(C)NCC1(C)COC1. The summed E-state index contributed by atoms with van der Waals surface area (Å²) in [5.74, 6) is 0. The van der Waals surface area contributed by atoms with Crippen LogP contribution < -0.4 is 5.32 Å². The van der Waals surface area contributed by atoms with Crippen LogP contribution in [-0.4, -0.2) is 37.0 Å². The van der Waals surface area contributed by atoms with Crippen LogP contribution in [0, 0.1) is 5.41 Å². The molecule has 0 aromatic carbocycles. The molecule has 2 atom stereocenters. The zero-order valence-electron chi connectivity index (χ0n) is 8.13. The molecular weight excluding hydrogens is 154 g/mol. The molecule has 0 bridgehead atoms. The van der Waals surface area contributed by atoms with Gasteiger partial charge >= 0.3 is 0 Å². The number of hydrogen-bond acceptors (Lipinski definition) is 3. The highest BCUT2D eigenvalue weighted by Crippen LogP contribution is 2.25. The molecule has 1 fully saturated rings. The van der Waals surface area contributed by atoms with Gasteiger partial charge < -0.3 is 15.2 Å². The fraction of sp³-hybridized carbons (Fsp3) is 1.00. The van der Waals surface area contributed by atoms with E-state index in [9.17, 15) is 5.11 Å². The summed E-state index contributed by atoms with van der Waals surface area (Å²) in [5, 5.41) is 12.5. The minimum atomic E-state index is -0.283. The van der Waals surface area contributed by atoms with Gasteiger partial charge in [-0.15, -0.1) is 0 Å². The van der Waals surface area contributed by atoms with E-state index < -0.39 is 0 Å². The fourth-order valence-corrected chi connectivity index (χ4v) is 1.13. The van der Waals surface area contributed by atoms with Gasteiger partial charge in [0.2, 0.25) is 0 Å². The van der Waals surface area contributed by atoms with Crippen LogP contribution >= 0.6 is 0 Å². The molecule has 2 unspecified atom stereocenters. The van der Waals surface area contributed by atoms with Crippen LogP contribution in [0.5, 0.6) is 0 Å². The number of aliphatic hydroxyl groups is 1. The summed E-state index contributed by atoms with van der Waals surface area (Å²) in [6.07, 6.45) is -0.283. The molecule has 2 N–H and O–H groups in total. The Morgan fingerprint density at radius 3 is 2.42 bits per heavy atom. The Morgan fingerprint density at radius 2 is 2.08 bits per heavy atom. The molecule has 0 saturated carbocycles. The van der Waals surface area contributed by atoms with Gasteiger partial charge in [-0.05, 0) is 13.8 Å². The van der Waals surface area contributed by atoms with E-state index in [4.69, 9.17) is 4.74 Å². The molecule has 3 heteroatoms. The van der Waals surface area contributed by atoms with Crippen LogP contribution in [0.2, 0.25) is 0 Å². The number of nitrogens with one attached hydrogen (secondary N) is 1. The van der Waals surface area contributed by atoms with Crippen LogP contribution in [0.1, 0.15) is 20.8 Å². The molecule has 72 valence electrons. The Labute approximate surface area is 74.1 Å². The normalized spacial score (nSPS) is 26.0. The molecule has 1 rings (SSSR count). The standard InChI is InChI=1S/C9H19NO2/c1-7(8(2)11)10-4-9(3)5-12-6-9/h7-8,10-11H,4-6H2,1-3H3. The van der Waals surface area contributed by atoms with Crippen LogP contribution in [0.4, 0.5) is 0 Å². The second-order valence-electron chi connectivity index (χ2n) is 4.21. The first kappa shape index (κ1) is 9.96. The molecule has 0 aliphatic carbocycles. The van der Waals surface area contributed by atoms with E-state index in [1.54, 1.807) is 6.92 Å². The zero-order valence-corrected chi connectivity index (χ0v) is 8.13. The minimum Gasteiger partial charge on any atom is -0.392 e. The molecule has 0 spiro atoms. The van der Waals surface area contributed by atoms with Crippen molar-refractivity contribution in [2.24, 2.45) is 5.41 Å². The van der Waals surface area contributed by atoms with E-state index in [1.807, 2.05) is 6.92 Å². The first-order valence-electron chi connectivity index (χ1n) is 4.53. The molecule has 1 heterocycles. The van der Waals surface area contributed by atoms with Gasteiger partial charge in [-0.2, -0.15) is 0 Å². The van der Waals surface area contributed by atoms with Gasteiger partial charge in [0.15, 0.2) is 0 Å². The lowest BCUT2D eigenvalue weighted by molar-refractivity contribution is -0.101. The van der Waals surface area contributed by atoms with E-state index in [-0.39, 0.29) is 12.1 Å². The largest absolute Gasteiger partial charge is 0.392 e. The van der Waals surface area contributed by atoms with Crippen molar-refractivity contribution in [3.8, 4) is 0 Å². The molecule has 0 aromatic rings. The van der Waals surface area contributed by atoms with Gasteiger partial charge in [0, 0.05) is 18.0 Å². The molecular formula is C9H19NO2. The maximum atomic E-state index is 9.21. The maximum absolute atomic E-state index is 9.21. The molecule has 1 saturated heterocycles. The van der Waals surface area contributed by atoms with Crippen LogP contribution in [0.3, 0.4) is 0 Å². The molecule has 0 amide bonds. The third-order valence-electron chi connectivity index (χ3n) is 2.48. The Morgan fingerprint density at radius 1 is 1.50 bits per heavy atom. The lowest BCUT2D eigenvalue weighted by atomic mass is 9.88. The van der Waals surface area contributed by atoms with Crippen molar-refractivity contribution in [1.29, 1.82) is 0 Å². The van der Waals surface area contributed by atoms with E-state index in [0.717, 1.165) is 19.8 Å². The summed E-state index contributed by atoms with van der Waals surface area (Å²) in [6.45, 7) is 8.60. The van der Waals surface area contributed by atoms with Gasteiger partial charge in [0.1, 0.15) is 0 Å². The predicted molar refractivity (Wildman–Crippen MR) is 48.1 cm³/mol. The first-order valence-corrected chi connectivity index (χ1v) is 4.53. The molecule has 12 heavy (non-hydrogen) atoms. The van der Waals surface area contributed by atoms with Crippen molar-refractivity contribution >= 4 is 0 Å². The number of ether oxygens (including phenoxy) is 1. The number of hydrogen-bond donors (Lipinski definition) is 2. The quantitative estimate of drug-likeness (QED) is 0.646. The van der Waals surface area contributed by atoms with Crippen molar-refractivity contribution in [1.82, 2.24) is 5.32 Å². The summed E-state index contributed by atoms with van der Waals surface area (Å²) in [7, 11) is 0. The second-order valence-corrected chi connectivity index (χ2v) is 4.21. The topological polar surface area (TPSA) is 41.5 Å². The van der Waals surface area contributed by atoms with E-state index in [1.165, 1.54) is 0 Å². The Bertz CT molecular complexity index is 143. The zero-order chi connectivity index (χ0) is 9.19. The summed E-state index contributed by atoms with van der Waals surface area (Å²) in [5.41, 5.74) is 0.295. The Hall–Kier alpha value is -0.120. The Kier molecular flexibility index (Phi) is 3.09. The summed E-state index contributed by atoms with van der Waals surface area (Å²) >= 11 is 0. The van der Waals surface area contributed by atoms with Gasteiger partial charge in [-0.3, -0.25) is 0 Å². The fourth-order valence-electron chi connectivity index (χ4n) is 1.13. The lowest BCUT2D eigenvalue weighted by Crippen LogP contribution is -2.50. The van der Waals surface area contributed by atoms with Crippen molar-refractivity contribution in [2.45, 2.75) is 32.9 Å². The van der Waals surface area contributed by atoms with Crippen LogP contribution in [-0.2, 0) is 4.74 Å². The predicted octanol–water partition coefficient (Wildman–Crippen LogP) is 0.382. The van der Waals surface area contributed by atoms with Crippen LogP contribution in [0.25, 0.3) is 0 Å². The first-order chi connectivity index (χ1) is 5.53. The smallest absolute Gasteiger partial charge is 0.0662 e. The van der Waals surface area contributed by atoms with E-state index >= 15 is 0 Å². The monoisotopic (exact) mass is 173 g/mol. The van der Waals surface area contributed by atoms with E-state index in [0.29, 0.717) is 5.41 Å². The van der Waals surface area contributed by atoms with Crippen molar-refractivity contribution in [3.63, 3.8) is 0 Å². The lowest BCUT2D eigenvalue weighted by Gasteiger charge is -2.39. The van der Waals surface area contributed by atoms with Crippen LogP contribution in [0.15, 0.2) is 0 Å². The molecule has 3 nitrogen and oxygen atoms in total. The third-order valence-corrected chi connectivity index (χ3v) is 2.48.